The molecule has 0 saturated carbocycles. The maximum atomic E-state index is 5.59. The topological polar surface area (TPSA) is 101 Å². The molecule has 0 aliphatic carbocycles. The maximum absolute atomic E-state index is 5.59. The molecular formula is C18H25N7O2S3. The monoisotopic (exact) mass is 467 g/mol. The van der Waals surface area contributed by atoms with Gasteiger partial charge in [0.25, 0.3) is 0 Å². The molecule has 3 aromatic heterocycles. The molecule has 0 aromatic carbocycles. The van der Waals surface area contributed by atoms with Gasteiger partial charge in [0.1, 0.15) is 16.4 Å². The van der Waals surface area contributed by atoms with Gasteiger partial charge in [0.15, 0.2) is 0 Å². The average Bonchev–Trinajstić information content (AvgIpc) is 3.21. The number of methoxy groups -OCH3 is 1. The minimum Gasteiger partial charge on any atom is -0.478 e. The van der Waals surface area contributed by atoms with Gasteiger partial charge in [-0.15, -0.1) is 11.3 Å². The molecule has 0 bridgehead atoms. The fourth-order valence-corrected chi connectivity index (χ4v) is 4.03. The molecule has 1 aliphatic heterocycles. The van der Waals surface area contributed by atoms with E-state index in [1.807, 2.05) is 27.8 Å². The van der Waals surface area contributed by atoms with E-state index in [1.165, 1.54) is 12.1 Å². The van der Waals surface area contributed by atoms with Crippen LogP contribution in [0.5, 0.6) is 5.88 Å². The Labute approximate surface area is 190 Å². The van der Waals surface area contributed by atoms with Crippen molar-refractivity contribution in [2.75, 3.05) is 33.4 Å². The molecule has 12 heteroatoms. The zero-order valence-corrected chi connectivity index (χ0v) is 19.2. The van der Waals surface area contributed by atoms with Crippen LogP contribution < -0.4 is 14.8 Å². The molecule has 0 saturated heterocycles. The number of aromatic amines is 1. The summed E-state index contributed by atoms with van der Waals surface area (Å²) in [4.78, 5) is 13.4. The van der Waals surface area contributed by atoms with Gasteiger partial charge in [0.05, 0.1) is 24.9 Å². The Morgan fingerprint density at radius 1 is 1.33 bits per heavy atom. The SMILES string of the molecule is COCCCOc1ccc(-c2nc(-c3cn(SNC4=NCCCN4)[nH]3)cs2)cn1.S. The van der Waals surface area contributed by atoms with Gasteiger partial charge < -0.3 is 14.8 Å². The number of nitrogens with zero attached hydrogens (tertiary/aromatic N) is 4. The number of thiazole rings is 1. The van der Waals surface area contributed by atoms with E-state index in [-0.39, 0.29) is 13.5 Å². The highest BCUT2D eigenvalue weighted by atomic mass is 32.2. The highest BCUT2D eigenvalue weighted by Gasteiger charge is 2.12. The van der Waals surface area contributed by atoms with Gasteiger partial charge in [-0.1, -0.05) is 0 Å². The Balaban J connectivity index is 0.00000256. The third-order valence-electron chi connectivity index (χ3n) is 4.12. The Morgan fingerprint density at radius 2 is 2.23 bits per heavy atom. The van der Waals surface area contributed by atoms with Crippen molar-refractivity contribution < 1.29 is 9.47 Å². The predicted molar refractivity (Wildman–Crippen MR) is 127 cm³/mol. The largest absolute Gasteiger partial charge is 0.478 e. The van der Waals surface area contributed by atoms with Crippen molar-refractivity contribution in [3.63, 3.8) is 0 Å². The lowest BCUT2D eigenvalue weighted by Crippen LogP contribution is -2.38. The van der Waals surface area contributed by atoms with Crippen LogP contribution in [-0.4, -0.2) is 58.5 Å². The zero-order chi connectivity index (χ0) is 19.9. The number of rotatable bonds is 9. The molecule has 0 amide bonds. The summed E-state index contributed by atoms with van der Waals surface area (Å²) in [5, 5.41) is 9.43. The van der Waals surface area contributed by atoms with Crippen molar-refractivity contribution >= 4 is 42.9 Å². The van der Waals surface area contributed by atoms with E-state index in [4.69, 9.17) is 14.5 Å². The summed E-state index contributed by atoms with van der Waals surface area (Å²) in [5.41, 5.74) is 2.86. The van der Waals surface area contributed by atoms with Crippen molar-refractivity contribution in [3.05, 3.63) is 29.9 Å². The first-order valence-electron chi connectivity index (χ1n) is 9.35. The highest BCUT2D eigenvalue weighted by molar-refractivity contribution is 7.96. The fraction of sp³-hybridized carbons (Fsp3) is 0.389. The number of hydrogen-bond donors (Lipinski definition) is 3. The fourth-order valence-electron chi connectivity index (χ4n) is 2.60. The Kier molecular flexibility index (Phi) is 8.49. The summed E-state index contributed by atoms with van der Waals surface area (Å²) in [7, 11) is 1.68. The molecule has 0 radical (unpaired) electrons. The second kappa shape index (κ2) is 11.3. The molecule has 0 unspecified atom stereocenters. The van der Waals surface area contributed by atoms with E-state index < -0.39 is 0 Å². The number of aliphatic imine (C=N–C) groups is 1. The van der Waals surface area contributed by atoms with Crippen LogP contribution in [-0.2, 0) is 4.74 Å². The second-order valence-electron chi connectivity index (χ2n) is 6.30. The molecule has 162 valence electrons. The predicted octanol–water partition coefficient (Wildman–Crippen LogP) is 2.88. The first-order valence-corrected chi connectivity index (χ1v) is 11.0. The molecule has 0 fully saturated rings. The third-order valence-corrected chi connectivity index (χ3v) is 5.69. The molecule has 4 heterocycles. The first kappa shape index (κ1) is 22.5. The van der Waals surface area contributed by atoms with Crippen LogP contribution in [0.4, 0.5) is 0 Å². The van der Waals surface area contributed by atoms with Crippen LogP contribution in [0.15, 0.2) is 34.9 Å². The number of H-pyrrole nitrogens is 1. The summed E-state index contributed by atoms with van der Waals surface area (Å²) in [6.45, 7) is 3.09. The summed E-state index contributed by atoms with van der Waals surface area (Å²) in [5.74, 6) is 1.43. The summed E-state index contributed by atoms with van der Waals surface area (Å²) in [6, 6.07) is 3.85. The normalized spacial score (nSPS) is 13.3. The number of nitrogens with one attached hydrogen (secondary N) is 3. The molecule has 0 atom stereocenters. The number of pyridine rings is 1. The summed E-state index contributed by atoms with van der Waals surface area (Å²) in [6.07, 6.45) is 5.71. The average molecular weight is 468 g/mol. The van der Waals surface area contributed by atoms with Crippen LogP contribution in [0, 0.1) is 0 Å². The Morgan fingerprint density at radius 3 is 2.97 bits per heavy atom. The van der Waals surface area contributed by atoms with Gasteiger partial charge in [0.2, 0.25) is 11.8 Å². The quantitative estimate of drug-likeness (QED) is 0.329. The molecule has 0 spiro atoms. The van der Waals surface area contributed by atoms with Gasteiger partial charge in [-0.2, -0.15) is 13.5 Å². The van der Waals surface area contributed by atoms with E-state index in [9.17, 15) is 0 Å². The number of aromatic nitrogens is 4. The molecule has 3 aromatic rings. The van der Waals surface area contributed by atoms with E-state index in [0.29, 0.717) is 19.1 Å². The lowest BCUT2D eigenvalue weighted by Gasteiger charge is -2.17. The lowest BCUT2D eigenvalue weighted by molar-refractivity contribution is 0.170. The van der Waals surface area contributed by atoms with Crippen LogP contribution in [0.25, 0.3) is 22.0 Å². The molecule has 4 rings (SSSR count). The van der Waals surface area contributed by atoms with E-state index >= 15 is 0 Å². The Hall–Kier alpha value is -2.15. The minimum absolute atomic E-state index is 0. The van der Waals surface area contributed by atoms with Crippen molar-refractivity contribution in [3.8, 4) is 27.8 Å². The summed E-state index contributed by atoms with van der Waals surface area (Å²) < 4.78 is 15.7. The second-order valence-corrected chi connectivity index (χ2v) is 7.94. The van der Waals surface area contributed by atoms with E-state index in [2.05, 4.69) is 25.1 Å². The maximum Gasteiger partial charge on any atom is 0.213 e. The number of guanidine groups is 1. The number of ether oxygens (including phenoxy) is 2. The van der Waals surface area contributed by atoms with Crippen LogP contribution in [0.3, 0.4) is 0 Å². The zero-order valence-electron chi connectivity index (χ0n) is 16.6. The lowest BCUT2D eigenvalue weighted by atomic mass is 10.3. The molecule has 30 heavy (non-hydrogen) atoms. The van der Waals surface area contributed by atoms with Crippen molar-refractivity contribution in [1.82, 2.24) is 29.2 Å². The molecular weight excluding hydrogens is 442 g/mol. The van der Waals surface area contributed by atoms with E-state index in [1.54, 1.807) is 24.6 Å². The third kappa shape index (κ3) is 5.94. The van der Waals surface area contributed by atoms with Crippen LogP contribution >= 0.6 is 37.0 Å². The van der Waals surface area contributed by atoms with Crippen LogP contribution in [0.1, 0.15) is 12.8 Å². The number of hydrogen-bond acceptors (Lipinski definition) is 9. The molecule has 3 N–H and O–H groups in total. The standard InChI is InChI=1S/C18H23N7O2S2.H2S/c1-26-8-3-9-27-16-5-4-13(10-21-16)17-22-15(12-28-17)14-11-25(23-14)29-24-18-19-6-2-7-20-18;/h4-5,10-12,23H,2-3,6-9H2,1H3,(H2,19,20,24);1H2. The first-order chi connectivity index (χ1) is 14.3. The highest BCUT2D eigenvalue weighted by Crippen LogP contribution is 2.29. The van der Waals surface area contributed by atoms with Gasteiger partial charge in [-0.3, -0.25) is 14.8 Å². The minimum atomic E-state index is 0. The van der Waals surface area contributed by atoms with Crippen molar-refractivity contribution in [2.24, 2.45) is 4.99 Å². The van der Waals surface area contributed by atoms with Gasteiger partial charge in [-0.05, 0) is 12.5 Å². The van der Waals surface area contributed by atoms with E-state index in [0.717, 1.165) is 53.8 Å². The smallest absolute Gasteiger partial charge is 0.213 e. The van der Waals surface area contributed by atoms with Gasteiger partial charge in [0, 0.05) is 56.4 Å². The molecule has 9 nitrogen and oxygen atoms in total. The van der Waals surface area contributed by atoms with Gasteiger partial charge in [-0.25, -0.2) is 14.1 Å². The Bertz CT molecular complexity index is 924. The van der Waals surface area contributed by atoms with Gasteiger partial charge >= 0.3 is 0 Å². The summed E-state index contributed by atoms with van der Waals surface area (Å²) >= 11 is 3.02. The molecule has 1 aliphatic rings. The van der Waals surface area contributed by atoms with Crippen LogP contribution in [0.2, 0.25) is 0 Å². The van der Waals surface area contributed by atoms with Crippen molar-refractivity contribution in [2.45, 2.75) is 12.8 Å². The van der Waals surface area contributed by atoms with Crippen molar-refractivity contribution in [1.29, 1.82) is 0 Å².